The van der Waals surface area contributed by atoms with Gasteiger partial charge in [0.15, 0.2) is 0 Å². The summed E-state index contributed by atoms with van der Waals surface area (Å²) in [5, 5.41) is 0. The second-order valence-electron chi connectivity index (χ2n) is 9.61. The molecular weight excluding hydrogens is 312 g/mol. The maximum absolute atomic E-state index is 4.05. The van der Waals surface area contributed by atoms with E-state index in [2.05, 4.69) is 37.8 Å². The molecule has 3 aliphatic rings. The molecule has 0 radical (unpaired) electrons. The molecule has 5 atom stereocenters. The molecule has 0 N–H and O–H groups in total. The predicted molar refractivity (Wildman–Crippen MR) is 112 cm³/mol. The van der Waals surface area contributed by atoms with Gasteiger partial charge in [-0.15, -0.1) is 6.58 Å². The van der Waals surface area contributed by atoms with E-state index < -0.39 is 0 Å². The SMILES string of the molecule is C=C[C@@H]1CC[C@@H]2CC(C3CCc4cc(CCCC)ccc4C3)CCC2C1. The molecule has 0 heterocycles. The number of allylic oxidation sites excluding steroid dienone is 1. The molecule has 0 bridgehead atoms. The Kier molecular flexibility index (Phi) is 5.87. The Morgan fingerprint density at radius 3 is 2.50 bits per heavy atom. The number of hydrogen-bond acceptors (Lipinski definition) is 0. The molecule has 0 heteroatoms. The molecule has 0 saturated heterocycles. The topological polar surface area (TPSA) is 0 Å². The minimum absolute atomic E-state index is 0.816. The van der Waals surface area contributed by atoms with Crippen LogP contribution < -0.4 is 0 Å². The minimum atomic E-state index is 0.816. The monoisotopic (exact) mass is 350 g/mol. The van der Waals surface area contributed by atoms with Crippen LogP contribution in [0.15, 0.2) is 30.9 Å². The van der Waals surface area contributed by atoms with Crippen LogP contribution in [0, 0.1) is 29.6 Å². The predicted octanol–water partition coefficient (Wildman–Crippen LogP) is 7.15. The van der Waals surface area contributed by atoms with Crippen molar-refractivity contribution in [1.29, 1.82) is 0 Å². The zero-order chi connectivity index (χ0) is 17.9. The molecule has 0 aromatic heterocycles. The smallest absolute Gasteiger partial charge is 0.0233 e. The van der Waals surface area contributed by atoms with Gasteiger partial charge in [-0.1, -0.05) is 37.6 Å². The van der Waals surface area contributed by atoms with Gasteiger partial charge in [0.05, 0.1) is 0 Å². The van der Waals surface area contributed by atoms with E-state index in [0.29, 0.717) is 0 Å². The lowest BCUT2D eigenvalue weighted by Gasteiger charge is -2.44. The van der Waals surface area contributed by atoms with E-state index in [1.54, 1.807) is 16.7 Å². The molecule has 2 saturated carbocycles. The lowest BCUT2D eigenvalue weighted by atomic mass is 9.61. The first-order valence-corrected chi connectivity index (χ1v) is 11.5. The highest BCUT2D eigenvalue weighted by Crippen LogP contribution is 2.48. The van der Waals surface area contributed by atoms with Gasteiger partial charge in [-0.25, -0.2) is 0 Å². The van der Waals surface area contributed by atoms with Crippen LogP contribution in [-0.2, 0) is 19.3 Å². The van der Waals surface area contributed by atoms with Gasteiger partial charge >= 0.3 is 0 Å². The van der Waals surface area contributed by atoms with Crippen molar-refractivity contribution >= 4 is 0 Å². The Hall–Kier alpha value is -1.04. The quantitative estimate of drug-likeness (QED) is 0.494. The van der Waals surface area contributed by atoms with Crippen molar-refractivity contribution in [2.24, 2.45) is 29.6 Å². The molecule has 0 spiro atoms. The standard InChI is InChI=1S/C26H38/c1-3-5-6-20-8-10-24-18-26(14-12-22(24)16-20)25-13-11-21-15-19(4-2)7-9-23(21)17-25/h4,8,10,16,19,21,23,25-26H,2-3,5-7,9,11-15,17-18H2,1H3/t19-,21?,23-,25?,26?/m1/s1. The van der Waals surface area contributed by atoms with E-state index in [1.165, 1.54) is 77.0 Å². The van der Waals surface area contributed by atoms with Crippen LogP contribution in [0.3, 0.4) is 0 Å². The Morgan fingerprint density at radius 1 is 0.923 bits per heavy atom. The highest BCUT2D eigenvalue weighted by atomic mass is 14.4. The fraction of sp³-hybridized carbons (Fsp3) is 0.692. The zero-order valence-corrected chi connectivity index (χ0v) is 16.9. The fourth-order valence-electron chi connectivity index (χ4n) is 6.38. The van der Waals surface area contributed by atoms with Crippen LogP contribution in [0.4, 0.5) is 0 Å². The summed E-state index contributed by atoms with van der Waals surface area (Å²) in [7, 11) is 0. The van der Waals surface area contributed by atoms with Crippen LogP contribution in [0.25, 0.3) is 0 Å². The van der Waals surface area contributed by atoms with Gasteiger partial charge in [0, 0.05) is 0 Å². The summed E-state index contributed by atoms with van der Waals surface area (Å²) < 4.78 is 0. The summed E-state index contributed by atoms with van der Waals surface area (Å²) >= 11 is 0. The molecule has 4 rings (SSSR count). The summed E-state index contributed by atoms with van der Waals surface area (Å²) in [4.78, 5) is 0. The van der Waals surface area contributed by atoms with Crippen molar-refractivity contribution < 1.29 is 0 Å². The van der Waals surface area contributed by atoms with E-state index in [4.69, 9.17) is 0 Å². The van der Waals surface area contributed by atoms with E-state index in [-0.39, 0.29) is 0 Å². The lowest BCUT2D eigenvalue weighted by Crippen LogP contribution is -2.34. The van der Waals surface area contributed by atoms with Crippen LogP contribution in [0.2, 0.25) is 0 Å². The van der Waals surface area contributed by atoms with E-state index in [1.807, 2.05) is 0 Å². The number of aryl methyl sites for hydroxylation is 2. The molecule has 142 valence electrons. The molecule has 3 unspecified atom stereocenters. The van der Waals surface area contributed by atoms with Gasteiger partial charge in [0.2, 0.25) is 0 Å². The van der Waals surface area contributed by atoms with Gasteiger partial charge < -0.3 is 0 Å². The average molecular weight is 351 g/mol. The van der Waals surface area contributed by atoms with Crippen LogP contribution >= 0.6 is 0 Å². The van der Waals surface area contributed by atoms with Crippen molar-refractivity contribution in [3.8, 4) is 0 Å². The first-order valence-electron chi connectivity index (χ1n) is 11.5. The Bertz CT molecular complexity index is 612. The summed E-state index contributed by atoms with van der Waals surface area (Å²) in [6.45, 7) is 6.35. The summed E-state index contributed by atoms with van der Waals surface area (Å²) in [6, 6.07) is 7.44. The normalized spacial score (nSPS) is 34.0. The van der Waals surface area contributed by atoms with Crippen molar-refractivity contribution in [2.75, 3.05) is 0 Å². The number of hydrogen-bond donors (Lipinski definition) is 0. The molecule has 2 fully saturated rings. The molecule has 1 aromatic rings. The number of rotatable bonds is 5. The molecule has 0 aliphatic heterocycles. The van der Waals surface area contributed by atoms with Crippen molar-refractivity contribution in [1.82, 2.24) is 0 Å². The summed E-state index contributed by atoms with van der Waals surface area (Å²) in [6.07, 6.45) is 19.1. The number of benzene rings is 1. The Labute approximate surface area is 161 Å². The van der Waals surface area contributed by atoms with Crippen molar-refractivity contribution in [3.05, 3.63) is 47.5 Å². The molecule has 0 nitrogen and oxygen atoms in total. The van der Waals surface area contributed by atoms with Crippen molar-refractivity contribution in [2.45, 2.75) is 84.0 Å². The first kappa shape index (κ1) is 18.3. The Balaban J connectivity index is 1.36. The van der Waals surface area contributed by atoms with Crippen LogP contribution in [0.1, 0.15) is 81.4 Å². The molecular formula is C26H38. The van der Waals surface area contributed by atoms with Gasteiger partial charge in [0.25, 0.3) is 0 Å². The fourth-order valence-corrected chi connectivity index (χ4v) is 6.38. The second-order valence-corrected chi connectivity index (χ2v) is 9.61. The minimum Gasteiger partial charge on any atom is -0.103 e. The number of unbranched alkanes of at least 4 members (excludes halogenated alkanes) is 1. The third-order valence-corrected chi connectivity index (χ3v) is 8.05. The summed E-state index contributed by atoms with van der Waals surface area (Å²) in [5.41, 5.74) is 4.93. The third-order valence-electron chi connectivity index (χ3n) is 8.05. The molecule has 1 aromatic carbocycles. The van der Waals surface area contributed by atoms with E-state index >= 15 is 0 Å². The summed E-state index contributed by atoms with van der Waals surface area (Å²) in [5.74, 6) is 4.82. The second kappa shape index (κ2) is 8.32. The highest BCUT2D eigenvalue weighted by Gasteiger charge is 2.38. The van der Waals surface area contributed by atoms with Crippen LogP contribution in [0.5, 0.6) is 0 Å². The zero-order valence-electron chi connectivity index (χ0n) is 16.9. The lowest BCUT2D eigenvalue weighted by molar-refractivity contribution is 0.0811. The van der Waals surface area contributed by atoms with Gasteiger partial charge in [-0.2, -0.15) is 0 Å². The van der Waals surface area contributed by atoms with Gasteiger partial charge in [-0.3, -0.25) is 0 Å². The largest absolute Gasteiger partial charge is 0.103 e. The average Bonchev–Trinajstić information content (AvgIpc) is 2.70. The molecule has 0 amide bonds. The van der Waals surface area contributed by atoms with Gasteiger partial charge in [0.1, 0.15) is 0 Å². The Morgan fingerprint density at radius 2 is 1.69 bits per heavy atom. The number of fused-ring (bicyclic) bond motifs is 2. The van der Waals surface area contributed by atoms with Crippen LogP contribution in [-0.4, -0.2) is 0 Å². The third kappa shape index (κ3) is 3.95. The maximum Gasteiger partial charge on any atom is -0.0233 e. The molecule has 3 aliphatic carbocycles. The van der Waals surface area contributed by atoms with Crippen molar-refractivity contribution in [3.63, 3.8) is 0 Å². The first-order chi connectivity index (χ1) is 12.8. The van der Waals surface area contributed by atoms with Gasteiger partial charge in [-0.05, 0) is 117 Å². The highest BCUT2D eigenvalue weighted by molar-refractivity contribution is 5.34. The van der Waals surface area contributed by atoms with E-state index in [9.17, 15) is 0 Å². The van der Waals surface area contributed by atoms with E-state index in [0.717, 1.165) is 29.6 Å². The maximum atomic E-state index is 4.05. The molecule has 26 heavy (non-hydrogen) atoms.